The van der Waals surface area contributed by atoms with Gasteiger partial charge in [-0.05, 0) is 37.0 Å². The minimum atomic E-state index is -1.39. The van der Waals surface area contributed by atoms with Gasteiger partial charge >= 0.3 is 0 Å². The first-order valence-corrected chi connectivity index (χ1v) is 5.77. The molecule has 1 aromatic carbocycles. The SMILES string of the molecule is Fc1cc(C2CCC3=CCCN32)cc(F)c1F. The quantitative estimate of drug-likeness (QED) is 0.678. The van der Waals surface area contributed by atoms with Gasteiger partial charge in [-0.1, -0.05) is 6.08 Å². The van der Waals surface area contributed by atoms with E-state index in [4.69, 9.17) is 0 Å². The molecular formula is C13H12F3N. The Morgan fingerprint density at radius 2 is 1.82 bits per heavy atom. The second-order valence-corrected chi connectivity index (χ2v) is 4.53. The highest BCUT2D eigenvalue weighted by Crippen LogP contribution is 2.41. The molecule has 1 fully saturated rings. The molecule has 2 aliphatic rings. The van der Waals surface area contributed by atoms with Crippen molar-refractivity contribution in [2.45, 2.75) is 25.3 Å². The van der Waals surface area contributed by atoms with Crippen LogP contribution in [-0.2, 0) is 0 Å². The summed E-state index contributed by atoms with van der Waals surface area (Å²) < 4.78 is 39.3. The van der Waals surface area contributed by atoms with Crippen molar-refractivity contribution in [3.63, 3.8) is 0 Å². The lowest BCUT2D eigenvalue weighted by Gasteiger charge is -2.24. The fourth-order valence-corrected chi connectivity index (χ4v) is 2.79. The first kappa shape index (κ1) is 10.7. The Kier molecular flexibility index (Phi) is 2.38. The summed E-state index contributed by atoms with van der Waals surface area (Å²) in [6, 6.07) is 2.22. The number of hydrogen-bond acceptors (Lipinski definition) is 1. The average molecular weight is 239 g/mol. The summed E-state index contributed by atoms with van der Waals surface area (Å²) in [6.07, 6.45) is 4.93. The highest BCUT2D eigenvalue weighted by Gasteiger charge is 2.32. The van der Waals surface area contributed by atoms with Crippen molar-refractivity contribution >= 4 is 0 Å². The minimum Gasteiger partial charge on any atom is -0.368 e. The Bertz CT molecular complexity index is 472. The van der Waals surface area contributed by atoms with Gasteiger partial charge in [0.1, 0.15) is 0 Å². The third-order valence-corrected chi connectivity index (χ3v) is 3.56. The van der Waals surface area contributed by atoms with E-state index in [1.54, 1.807) is 0 Å². The monoisotopic (exact) mass is 239 g/mol. The Labute approximate surface area is 97.5 Å². The van der Waals surface area contributed by atoms with Crippen LogP contribution >= 0.6 is 0 Å². The van der Waals surface area contributed by atoms with Crippen molar-refractivity contribution in [3.8, 4) is 0 Å². The first-order chi connectivity index (χ1) is 8.16. The normalized spacial score (nSPS) is 22.9. The maximum Gasteiger partial charge on any atom is 0.194 e. The van der Waals surface area contributed by atoms with E-state index in [0.717, 1.165) is 37.9 Å². The summed E-state index contributed by atoms with van der Waals surface area (Å²) in [5.74, 6) is -3.59. The summed E-state index contributed by atoms with van der Waals surface area (Å²) in [7, 11) is 0. The predicted molar refractivity (Wildman–Crippen MR) is 57.7 cm³/mol. The van der Waals surface area contributed by atoms with Crippen molar-refractivity contribution in [3.05, 3.63) is 46.9 Å². The van der Waals surface area contributed by atoms with E-state index in [2.05, 4.69) is 11.0 Å². The molecule has 1 unspecified atom stereocenters. The van der Waals surface area contributed by atoms with Crippen LogP contribution in [0.4, 0.5) is 13.2 Å². The maximum atomic E-state index is 13.2. The Hall–Kier alpha value is -1.45. The molecule has 0 saturated carbocycles. The molecule has 3 rings (SSSR count). The Balaban J connectivity index is 1.97. The molecule has 0 radical (unpaired) electrons. The highest BCUT2D eigenvalue weighted by molar-refractivity contribution is 5.28. The molecule has 0 bridgehead atoms. The zero-order valence-corrected chi connectivity index (χ0v) is 9.22. The Morgan fingerprint density at radius 3 is 2.53 bits per heavy atom. The molecule has 0 aliphatic carbocycles. The molecule has 17 heavy (non-hydrogen) atoms. The van der Waals surface area contributed by atoms with E-state index in [1.165, 1.54) is 5.70 Å². The zero-order valence-electron chi connectivity index (χ0n) is 9.22. The number of fused-ring (bicyclic) bond motifs is 1. The highest BCUT2D eigenvalue weighted by atomic mass is 19.2. The van der Waals surface area contributed by atoms with E-state index >= 15 is 0 Å². The molecule has 0 amide bonds. The van der Waals surface area contributed by atoms with Crippen molar-refractivity contribution in [1.82, 2.24) is 4.90 Å². The Morgan fingerprint density at radius 1 is 1.12 bits per heavy atom. The van der Waals surface area contributed by atoms with Gasteiger partial charge in [0.05, 0.1) is 6.04 Å². The van der Waals surface area contributed by atoms with E-state index in [9.17, 15) is 13.2 Å². The van der Waals surface area contributed by atoms with Gasteiger partial charge in [-0.25, -0.2) is 13.2 Å². The lowest BCUT2D eigenvalue weighted by molar-refractivity contribution is 0.319. The first-order valence-electron chi connectivity index (χ1n) is 5.77. The van der Waals surface area contributed by atoms with Crippen LogP contribution in [0.1, 0.15) is 30.9 Å². The van der Waals surface area contributed by atoms with Crippen LogP contribution in [0.3, 0.4) is 0 Å². The van der Waals surface area contributed by atoms with Crippen molar-refractivity contribution in [2.75, 3.05) is 6.54 Å². The van der Waals surface area contributed by atoms with Crippen molar-refractivity contribution in [2.24, 2.45) is 0 Å². The van der Waals surface area contributed by atoms with E-state index < -0.39 is 17.5 Å². The third-order valence-electron chi connectivity index (χ3n) is 3.56. The number of halogens is 3. The van der Waals surface area contributed by atoms with Gasteiger partial charge in [0.15, 0.2) is 17.5 Å². The summed E-state index contributed by atoms with van der Waals surface area (Å²) in [4.78, 5) is 2.16. The van der Waals surface area contributed by atoms with Gasteiger partial charge in [0, 0.05) is 12.2 Å². The molecule has 0 N–H and O–H groups in total. The van der Waals surface area contributed by atoms with Gasteiger partial charge in [-0.3, -0.25) is 0 Å². The van der Waals surface area contributed by atoms with Gasteiger partial charge in [-0.15, -0.1) is 0 Å². The van der Waals surface area contributed by atoms with Gasteiger partial charge in [0.25, 0.3) is 0 Å². The largest absolute Gasteiger partial charge is 0.368 e. The van der Waals surface area contributed by atoms with Gasteiger partial charge < -0.3 is 4.90 Å². The number of allylic oxidation sites excluding steroid dienone is 1. The minimum absolute atomic E-state index is 0.00616. The topological polar surface area (TPSA) is 3.24 Å². The summed E-state index contributed by atoms with van der Waals surface area (Å²) >= 11 is 0. The zero-order chi connectivity index (χ0) is 12.0. The van der Waals surface area contributed by atoms with Crippen LogP contribution in [0, 0.1) is 17.5 Å². The second-order valence-electron chi connectivity index (χ2n) is 4.53. The number of nitrogens with zero attached hydrogens (tertiary/aromatic N) is 1. The van der Waals surface area contributed by atoms with E-state index in [1.807, 2.05) is 0 Å². The fraction of sp³-hybridized carbons (Fsp3) is 0.385. The summed E-state index contributed by atoms with van der Waals surface area (Å²) in [5, 5.41) is 0. The standard InChI is InChI=1S/C13H12F3N/c14-10-6-8(7-11(15)13(10)16)12-4-3-9-2-1-5-17(9)12/h2,6-7,12H,1,3-5H2. The van der Waals surface area contributed by atoms with Crippen molar-refractivity contribution in [1.29, 1.82) is 0 Å². The van der Waals surface area contributed by atoms with E-state index in [-0.39, 0.29) is 6.04 Å². The van der Waals surface area contributed by atoms with E-state index in [0.29, 0.717) is 5.56 Å². The molecule has 0 aromatic heterocycles. The molecule has 0 spiro atoms. The number of hydrogen-bond donors (Lipinski definition) is 0. The average Bonchev–Trinajstić information content (AvgIpc) is 2.86. The molecule has 90 valence electrons. The summed E-state index contributed by atoms with van der Waals surface area (Å²) in [5.41, 5.74) is 1.78. The molecule has 1 saturated heterocycles. The van der Waals surface area contributed by atoms with Crippen LogP contribution in [0.2, 0.25) is 0 Å². The van der Waals surface area contributed by atoms with Crippen LogP contribution < -0.4 is 0 Å². The maximum absolute atomic E-state index is 13.2. The molecule has 1 nitrogen and oxygen atoms in total. The van der Waals surface area contributed by atoms with Crippen LogP contribution in [-0.4, -0.2) is 11.4 Å². The molecule has 1 atom stereocenters. The van der Waals surface area contributed by atoms with Crippen molar-refractivity contribution < 1.29 is 13.2 Å². The van der Waals surface area contributed by atoms with Crippen LogP contribution in [0.15, 0.2) is 23.9 Å². The molecular weight excluding hydrogens is 227 g/mol. The molecule has 1 aromatic rings. The molecule has 4 heteroatoms. The van der Waals surface area contributed by atoms with Gasteiger partial charge in [0.2, 0.25) is 0 Å². The number of rotatable bonds is 1. The van der Waals surface area contributed by atoms with Crippen LogP contribution in [0.5, 0.6) is 0 Å². The third kappa shape index (κ3) is 1.63. The molecule has 2 heterocycles. The lowest BCUT2D eigenvalue weighted by atomic mass is 10.0. The fourth-order valence-electron chi connectivity index (χ4n) is 2.79. The predicted octanol–water partition coefficient (Wildman–Crippen LogP) is 3.53. The molecule has 2 aliphatic heterocycles. The smallest absolute Gasteiger partial charge is 0.194 e. The second kappa shape index (κ2) is 3.79. The lowest BCUT2D eigenvalue weighted by Crippen LogP contribution is -2.19. The van der Waals surface area contributed by atoms with Gasteiger partial charge in [-0.2, -0.15) is 0 Å². The van der Waals surface area contributed by atoms with Crippen LogP contribution in [0.25, 0.3) is 0 Å². The number of benzene rings is 1. The summed E-state index contributed by atoms with van der Waals surface area (Å²) in [6.45, 7) is 0.889.